The second-order valence-corrected chi connectivity index (χ2v) is 7.94. The van der Waals surface area contributed by atoms with E-state index in [-0.39, 0.29) is 5.56 Å². The van der Waals surface area contributed by atoms with Crippen molar-refractivity contribution < 1.29 is 17.9 Å². The van der Waals surface area contributed by atoms with E-state index in [0.29, 0.717) is 34.7 Å². The summed E-state index contributed by atoms with van der Waals surface area (Å²) in [7, 11) is 1.81. The summed E-state index contributed by atoms with van der Waals surface area (Å²) in [4.78, 5) is 18.1. The van der Waals surface area contributed by atoms with Gasteiger partial charge in [0.2, 0.25) is 5.88 Å². The number of nitrogens with zero attached hydrogens (tertiary/aromatic N) is 4. The van der Waals surface area contributed by atoms with Crippen LogP contribution in [-0.2, 0) is 7.05 Å². The van der Waals surface area contributed by atoms with E-state index in [9.17, 15) is 18.0 Å². The Balaban J connectivity index is 1.97. The predicted molar refractivity (Wildman–Crippen MR) is 126 cm³/mol. The van der Waals surface area contributed by atoms with Crippen LogP contribution < -0.4 is 10.3 Å². The van der Waals surface area contributed by atoms with E-state index in [1.165, 1.54) is 10.6 Å². The molecule has 0 amide bonds. The van der Waals surface area contributed by atoms with Crippen LogP contribution in [0.3, 0.4) is 0 Å². The second-order valence-electron chi connectivity index (χ2n) is 7.94. The number of fused-ring (bicyclic) bond motifs is 2. The lowest BCUT2D eigenvalue weighted by Gasteiger charge is -2.13. The molecule has 3 aromatic heterocycles. The molecule has 0 radical (unpaired) electrons. The first kappa shape index (κ1) is 23.3. The highest BCUT2D eigenvalue weighted by Gasteiger charge is 2.29. The lowest BCUT2D eigenvalue weighted by molar-refractivity contribution is -0.0912. The molecule has 4 rings (SSSR count). The number of hydrogen-bond donors (Lipinski definition) is 0. The molecule has 6 nitrogen and oxygen atoms in total. The Hall–Kier alpha value is -3.88. The zero-order chi connectivity index (χ0) is 24.6. The molecule has 0 unspecified atom stereocenters. The first-order valence-electron chi connectivity index (χ1n) is 10.6. The van der Waals surface area contributed by atoms with Gasteiger partial charge in [-0.3, -0.25) is 14.0 Å². The van der Waals surface area contributed by atoms with Crippen molar-refractivity contribution in [2.45, 2.75) is 26.9 Å². The highest BCUT2D eigenvalue weighted by molar-refractivity contribution is 5.91. The van der Waals surface area contributed by atoms with Crippen LogP contribution in [0.1, 0.15) is 26.3 Å². The minimum absolute atomic E-state index is 0.205. The first-order chi connectivity index (χ1) is 16.1. The minimum Gasteiger partial charge on any atom is -0.478 e. The van der Waals surface area contributed by atoms with Gasteiger partial charge in [-0.2, -0.15) is 18.3 Å². The standard InChI is InChI=1S/C25H23F3N4O2/c1-5-34-21-11-8-17-14-32(19-9-10-20-18(12-19)13-31(4)30-20)24(33)22(23(17)29-21)15(2)6-7-16(3)25(26,27)28/h6-14H,5H2,1-4H3/b15-6+,16-7+. The van der Waals surface area contributed by atoms with E-state index in [4.69, 9.17) is 4.74 Å². The average Bonchev–Trinajstić information content (AvgIpc) is 3.15. The van der Waals surface area contributed by atoms with Crippen LogP contribution in [0, 0.1) is 0 Å². The molecule has 34 heavy (non-hydrogen) atoms. The molecular formula is C25H23F3N4O2. The number of aryl methyl sites for hydroxylation is 1. The highest BCUT2D eigenvalue weighted by atomic mass is 19.4. The van der Waals surface area contributed by atoms with Gasteiger partial charge < -0.3 is 4.74 Å². The summed E-state index contributed by atoms with van der Waals surface area (Å²) in [5, 5.41) is 5.85. The number of alkyl halides is 3. The molecule has 0 saturated heterocycles. The fourth-order valence-electron chi connectivity index (χ4n) is 3.67. The quantitative estimate of drug-likeness (QED) is 0.359. The summed E-state index contributed by atoms with van der Waals surface area (Å²) in [6.07, 6.45) is 1.33. The highest BCUT2D eigenvalue weighted by Crippen LogP contribution is 2.28. The van der Waals surface area contributed by atoms with Gasteiger partial charge in [0.15, 0.2) is 0 Å². The largest absolute Gasteiger partial charge is 0.478 e. The van der Waals surface area contributed by atoms with Gasteiger partial charge in [0.05, 0.1) is 23.2 Å². The summed E-state index contributed by atoms with van der Waals surface area (Å²) < 4.78 is 47.6. The zero-order valence-corrected chi connectivity index (χ0v) is 19.1. The summed E-state index contributed by atoms with van der Waals surface area (Å²) in [5.41, 5.74) is 1.15. The van der Waals surface area contributed by atoms with Crippen LogP contribution >= 0.6 is 0 Å². The van der Waals surface area contributed by atoms with Crippen molar-refractivity contribution in [2.75, 3.05) is 6.61 Å². The fourth-order valence-corrected chi connectivity index (χ4v) is 3.67. The Morgan fingerprint density at radius 3 is 2.56 bits per heavy atom. The molecule has 1 aromatic carbocycles. The Morgan fingerprint density at radius 1 is 1.09 bits per heavy atom. The molecule has 0 aliphatic rings. The molecule has 0 atom stereocenters. The lowest BCUT2D eigenvalue weighted by Crippen LogP contribution is -2.22. The van der Waals surface area contributed by atoms with E-state index >= 15 is 0 Å². The van der Waals surface area contributed by atoms with E-state index in [2.05, 4.69) is 10.1 Å². The predicted octanol–water partition coefficient (Wildman–Crippen LogP) is 5.58. The SMILES string of the molecule is CCOc1ccc2cn(-c3ccc4nn(C)cc4c3)c(=O)c(/C(C)=C/C=C(\C)C(F)(F)F)c2n1. The molecule has 0 bridgehead atoms. The second kappa shape index (κ2) is 8.81. The number of allylic oxidation sites excluding steroid dienone is 4. The summed E-state index contributed by atoms with van der Waals surface area (Å²) >= 11 is 0. The molecule has 0 fully saturated rings. The Labute approximate surface area is 193 Å². The molecule has 0 spiro atoms. The van der Waals surface area contributed by atoms with Crippen molar-refractivity contribution in [3.05, 3.63) is 76.4 Å². The third-order valence-electron chi connectivity index (χ3n) is 5.44. The third kappa shape index (κ3) is 4.46. The molecule has 3 heterocycles. The number of benzene rings is 1. The first-order valence-corrected chi connectivity index (χ1v) is 10.6. The van der Waals surface area contributed by atoms with Crippen LogP contribution in [0.25, 0.3) is 33.1 Å². The molecule has 4 aromatic rings. The van der Waals surface area contributed by atoms with Crippen LogP contribution in [0.4, 0.5) is 13.2 Å². The number of ether oxygens (including phenoxy) is 1. The Kier molecular flexibility index (Phi) is 6.03. The van der Waals surface area contributed by atoms with Crippen molar-refractivity contribution in [2.24, 2.45) is 7.05 Å². The van der Waals surface area contributed by atoms with Crippen LogP contribution in [-0.4, -0.2) is 32.1 Å². The van der Waals surface area contributed by atoms with Gasteiger partial charge in [0, 0.05) is 47.5 Å². The van der Waals surface area contributed by atoms with Gasteiger partial charge in [-0.25, -0.2) is 4.98 Å². The summed E-state index contributed by atoms with van der Waals surface area (Å²) in [6, 6.07) is 8.91. The third-order valence-corrected chi connectivity index (χ3v) is 5.44. The monoisotopic (exact) mass is 468 g/mol. The van der Waals surface area contributed by atoms with Crippen LogP contribution in [0.5, 0.6) is 5.88 Å². The number of hydrogen-bond acceptors (Lipinski definition) is 4. The summed E-state index contributed by atoms with van der Waals surface area (Å²) in [5.74, 6) is 0.333. The molecular weight excluding hydrogens is 445 g/mol. The van der Waals surface area contributed by atoms with Crippen molar-refractivity contribution in [1.82, 2.24) is 19.3 Å². The fraction of sp³-hybridized carbons (Fsp3) is 0.240. The van der Waals surface area contributed by atoms with E-state index in [1.807, 2.05) is 32.3 Å². The molecule has 0 N–H and O–H groups in total. The van der Waals surface area contributed by atoms with Crippen LogP contribution in [0.2, 0.25) is 0 Å². The minimum atomic E-state index is -4.45. The van der Waals surface area contributed by atoms with Gasteiger partial charge >= 0.3 is 6.18 Å². The van der Waals surface area contributed by atoms with Gasteiger partial charge in [-0.05, 0) is 50.6 Å². The maximum absolute atomic E-state index is 13.7. The number of rotatable bonds is 5. The van der Waals surface area contributed by atoms with E-state index in [0.717, 1.165) is 23.9 Å². The maximum atomic E-state index is 13.7. The Bertz CT molecular complexity index is 1510. The van der Waals surface area contributed by atoms with Crippen molar-refractivity contribution in [1.29, 1.82) is 0 Å². The molecule has 0 saturated carbocycles. The van der Waals surface area contributed by atoms with E-state index < -0.39 is 17.3 Å². The number of pyridine rings is 2. The zero-order valence-electron chi connectivity index (χ0n) is 19.1. The smallest absolute Gasteiger partial charge is 0.412 e. The van der Waals surface area contributed by atoms with Crippen molar-refractivity contribution in [3.63, 3.8) is 0 Å². The summed E-state index contributed by atoms with van der Waals surface area (Å²) in [6.45, 7) is 4.79. The van der Waals surface area contributed by atoms with Gasteiger partial charge in [0.25, 0.3) is 5.56 Å². The van der Waals surface area contributed by atoms with Gasteiger partial charge in [0.1, 0.15) is 0 Å². The van der Waals surface area contributed by atoms with Crippen LogP contribution in [0.15, 0.2) is 65.2 Å². The normalized spacial score (nSPS) is 13.1. The molecule has 0 aliphatic carbocycles. The van der Waals surface area contributed by atoms with Crippen molar-refractivity contribution >= 4 is 27.4 Å². The topological polar surface area (TPSA) is 61.9 Å². The molecule has 9 heteroatoms. The molecule has 176 valence electrons. The molecule has 0 aliphatic heterocycles. The van der Waals surface area contributed by atoms with Gasteiger partial charge in [-0.1, -0.05) is 12.2 Å². The van der Waals surface area contributed by atoms with Crippen molar-refractivity contribution in [3.8, 4) is 11.6 Å². The lowest BCUT2D eigenvalue weighted by atomic mass is 10.0. The average molecular weight is 468 g/mol. The number of aromatic nitrogens is 4. The van der Waals surface area contributed by atoms with Gasteiger partial charge in [-0.15, -0.1) is 0 Å². The maximum Gasteiger partial charge on any atom is 0.412 e. The number of halogens is 3. The Morgan fingerprint density at radius 2 is 1.85 bits per heavy atom. The van der Waals surface area contributed by atoms with E-state index in [1.54, 1.807) is 36.0 Å².